The standard InChI is InChI=1S/C23H48O3.C21H43NO3/c1-19(2,3)13-24-16-23(22(10,11)12,17-25-14-20(4,5)6)18-26-15-21(7,8)9;1-16(2)22-17(23)21(20(9,10)11,14-24-12-18(3,4)5)15-25-13-19(6,7)8/h13-18H2,1-12H3;16H,12-15H2,1-11H3,(H,22,23). The molecule has 7 nitrogen and oxygen atoms in total. The van der Waals surface area contributed by atoms with Gasteiger partial charge in [0.15, 0.2) is 0 Å². The fraction of sp³-hybridized carbons (Fsp3) is 0.977. The van der Waals surface area contributed by atoms with Crippen molar-refractivity contribution in [2.45, 2.75) is 165 Å². The lowest BCUT2D eigenvalue weighted by Crippen LogP contribution is -2.56. The van der Waals surface area contributed by atoms with E-state index in [4.69, 9.17) is 23.7 Å². The van der Waals surface area contributed by atoms with E-state index in [-0.39, 0.29) is 55.3 Å². The van der Waals surface area contributed by atoms with E-state index in [2.05, 4.69) is 151 Å². The van der Waals surface area contributed by atoms with Crippen molar-refractivity contribution in [1.82, 2.24) is 5.32 Å². The highest BCUT2D eigenvalue weighted by Crippen LogP contribution is 2.42. The van der Waals surface area contributed by atoms with Crippen LogP contribution in [-0.4, -0.2) is 78.0 Å². The summed E-state index contributed by atoms with van der Waals surface area (Å²) < 4.78 is 30.7. The van der Waals surface area contributed by atoms with Crippen LogP contribution in [0.4, 0.5) is 0 Å². The molecule has 0 radical (unpaired) electrons. The number of nitrogens with one attached hydrogen (secondary N) is 1. The summed E-state index contributed by atoms with van der Waals surface area (Å²) in [5.41, 5.74) is -0.591. The van der Waals surface area contributed by atoms with Crippen molar-refractivity contribution in [2.75, 3.05) is 66.1 Å². The molecule has 0 aromatic carbocycles. The average Bonchev–Trinajstić information content (AvgIpc) is 2.82. The van der Waals surface area contributed by atoms with Gasteiger partial charge in [-0.05, 0) is 51.8 Å². The maximum atomic E-state index is 13.2. The van der Waals surface area contributed by atoms with Gasteiger partial charge >= 0.3 is 0 Å². The molecule has 0 bridgehead atoms. The molecule has 0 aliphatic carbocycles. The lowest BCUT2D eigenvalue weighted by molar-refractivity contribution is -0.156. The highest BCUT2D eigenvalue weighted by atomic mass is 16.5. The fourth-order valence-corrected chi connectivity index (χ4v) is 4.84. The van der Waals surface area contributed by atoms with Crippen molar-refractivity contribution in [3.8, 4) is 0 Å². The molecular weight excluding hydrogens is 638 g/mol. The molecule has 0 aromatic heterocycles. The van der Waals surface area contributed by atoms with Gasteiger partial charge < -0.3 is 29.0 Å². The zero-order valence-corrected chi connectivity index (χ0v) is 38.6. The van der Waals surface area contributed by atoms with Gasteiger partial charge in [0.2, 0.25) is 5.91 Å². The maximum Gasteiger partial charge on any atom is 0.231 e. The topological polar surface area (TPSA) is 75.2 Å². The van der Waals surface area contributed by atoms with Crippen molar-refractivity contribution in [2.24, 2.45) is 48.7 Å². The van der Waals surface area contributed by atoms with E-state index < -0.39 is 5.41 Å². The third-order valence-electron chi connectivity index (χ3n) is 8.39. The summed E-state index contributed by atoms with van der Waals surface area (Å²) in [6, 6.07) is 0.0828. The minimum atomic E-state index is -0.728. The van der Waals surface area contributed by atoms with Crippen LogP contribution in [0.15, 0.2) is 0 Å². The molecule has 0 aliphatic rings. The van der Waals surface area contributed by atoms with Crippen LogP contribution < -0.4 is 5.32 Å². The first-order valence-electron chi connectivity index (χ1n) is 19.6. The zero-order chi connectivity index (χ0) is 41.0. The van der Waals surface area contributed by atoms with Crippen LogP contribution in [0.5, 0.6) is 0 Å². The molecule has 0 fully saturated rings. The third-order valence-corrected chi connectivity index (χ3v) is 8.39. The van der Waals surface area contributed by atoms with Crippen LogP contribution >= 0.6 is 0 Å². The summed E-state index contributed by atoms with van der Waals surface area (Å²) in [7, 11) is 0. The van der Waals surface area contributed by atoms with Crippen molar-refractivity contribution in [3.05, 3.63) is 0 Å². The summed E-state index contributed by atoms with van der Waals surface area (Å²) in [5.74, 6) is 0.0119. The zero-order valence-electron chi connectivity index (χ0n) is 38.6. The molecule has 0 aliphatic heterocycles. The van der Waals surface area contributed by atoms with Crippen LogP contribution in [0.25, 0.3) is 0 Å². The van der Waals surface area contributed by atoms with Gasteiger partial charge in [-0.1, -0.05) is 145 Å². The van der Waals surface area contributed by atoms with E-state index >= 15 is 0 Å². The molecule has 0 atom stereocenters. The largest absolute Gasteiger partial charge is 0.380 e. The maximum absolute atomic E-state index is 13.2. The van der Waals surface area contributed by atoms with Gasteiger partial charge in [0, 0.05) is 11.5 Å². The smallest absolute Gasteiger partial charge is 0.231 e. The Bertz CT molecular complexity index is 883. The number of ether oxygens (including phenoxy) is 5. The van der Waals surface area contributed by atoms with Crippen molar-refractivity contribution in [1.29, 1.82) is 0 Å². The Hall–Kier alpha value is -0.730. The number of amides is 1. The molecule has 1 N–H and O–H groups in total. The first-order valence-corrected chi connectivity index (χ1v) is 19.6. The molecule has 7 heteroatoms. The first kappa shape index (κ1) is 52.4. The first-order chi connectivity index (χ1) is 22.4. The summed E-state index contributed by atoms with van der Waals surface area (Å²) >= 11 is 0. The molecular formula is C44H91NO6. The van der Waals surface area contributed by atoms with Gasteiger partial charge in [-0.3, -0.25) is 4.79 Å². The SMILES string of the molecule is CC(C)(C)COCC(COCC(C)(C)C)(COCC(C)(C)C)C(C)(C)C.CC(C)NC(=O)C(COCC(C)(C)C)(COCC(C)(C)C)C(C)(C)C. The second-order valence-electron chi connectivity index (χ2n) is 23.8. The Morgan fingerprint density at radius 2 is 0.627 bits per heavy atom. The van der Waals surface area contributed by atoms with Gasteiger partial charge in [0.25, 0.3) is 0 Å². The van der Waals surface area contributed by atoms with Crippen LogP contribution in [-0.2, 0) is 28.5 Å². The van der Waals surface area contributed by atoms with Crippen LogP contribution in [0.1, 0.15) is 159 Å². The Balaban J connectivity index is 0. The molecule has 308 valence electrons. The van der Waals surface area contributed by atoms with E-state index in [0.29, 0.717) is 46.2 Å². The van der Waals surface area contributed by atoms with Gasteiger partial charge in [-0.25, -0.2) is 0 Å². The van der Waals surface area contributed by atoms with Crippen LogP contribution in [0.2, 0.25) is 0 Å². The number of carbonyl (C=O) groups is 1. The van der Waals surface area contributed by atoms with Crippen LogP contribution in [0, 0.1) is 48.7 Å². The van der Waals surface area contributed by atoms with E-state index in [1.165, 1.54) is 0 Å². The number of carbonyl (C=O) groups excluding carboxylic acids is 1. The quantitative estimate of drug-likeness (QED) is 0.161. The molecule has 0 aromatic rings. The number of hydrogen-bond acceptors (Lipinski definition) is 6. The highest BCUT2D eigenvalue weighted by molar-refractivity contribution is 5.84. The van der Waals surface area contributed by atoms with Gasteiger partial charge in [0.1, 0.15) is 5.41 Å². The Labute approximate surface area is 319 Å². The summed E-state index contributed by atoms with van der Waals surface area (Å²) in [6.07, 6.45) is 0. The molecule has 0 rings (SSSR count). The second-order valence-corrected chi connectivity index (χ2v) is 23.8. The highest BCUT2D eigenvalue weighted by Gasteiger charge is 2.50. The lowest BCUT2D eigenvalue weighted by Gasteiger charge is -2.45. The predicted octanol–water partition coefficient (Wildman–Crippen LogP) is 10.9. The molecule has 51 heavy (non-hydrogen) atoms. The van der Waals surface area contributed by atoms with Crippen molar-refractivity contribution in [3.63, 3.8) is 0 Å². The Morgan fingerprint density at radius 1 is 0.392 bits per heavy atom. The molecule has 0 spiro atoms. The average molecular weight is 730 g/mol. The van der Waals surface area contributed by atoms with E-state index in [0.717, 1.165) is 19.8 Å². The predicted molar refractivity (Wildman–Crippen MR) is 218 cm³/mol. The van der Waals surface area contributed by atoms with E-state index in [1.807, 2.05) is 13.8 Å². The fourth-order valence-electron chi connectivity index (χ4n) is 4.84. The number of rotatable bonds is 17. The number of hydrogen-bond donors (Lipinski definition) is 1. The van der Waals surface area contributed by atoms with Crippen molar-refractivity contribution < 1.29 is 28.5 Å². The van der Waals surface area contributed by atoms with Gasteiger partial charge in [-0.15, -0.1) is 0 Å². The molecule has 0 unspecified atom stereocenters. The Morgan fingerprint density at radius 3 is 0.804 bits per heavy atom. The van der Waals surface area contributed by atoms with Gasteiger partial charge in [0.05, 0.1) is 66.1 Å². The van der Waals surface area contributed by atoms with Crippen LogP contribution in [0.3, 0.4) is 0 Å². The minimum absolute atomic E-state index is 0.0119. The van der Waals surface area contributed by atoms with Crippen molar-refractivity contribution >= 4 is 5.91 Å². The lowest BCUT2D eigenvalue weighted by atomic mass is 9.66. The Kier molecular flexibility index (Phi) is 20.8. The summed E-state index contributed by atoms with van der Waals surface area (Å²) in [4.78, 5) is 13.2. The molecule has 0 saturated heterocycles. The molecule has 1 amide bonds. The molecule has 0 heterocycles. The monoisotopic (exact) mass is 730 g/mol. The normalized spacial score (nSPS) is 14.4. The summed E-state index contributed by atoms with van der Waals surface area (Å²) in [5, 5.41) is 3.09. The van der Waals surface area contributed by atoms with E-state index in [9.17, 15) is 4.79 Å². The third kappa shape index (κ3) is 24.3. The summed E-state index contributed by atoms with van der Waals surface area (Å²) in [6.45, 7) is 55.8. The van der Waals surface area contributed by atoms with E-state index in [1.54, 1.807) is 0 Å². The minimum Gasteiger partial charge on any atom is -0.380 e. The molecule has 0 saturated carbocycles. The van der Waals surface area contributed by atoms with Gasteiger partial charge in [-0.2, -0.15) is 0 Å². The second kappa shape index (κ2) is 20.3.